The molecule has 3 aromatic rings. The van der Waals surface area contributed by atoms with Crippen molar-refractivity contribution in [1.29, 1.82) is 0 Å². The third-order valence-corrected chi connectivity index (χ3v) is 5.10. The Hall–Kier alpha value is -3.63. The Kier molecular flexibility index (Phi) is 6.24. The number of hydrogen-bond acceptors (Lipinski definition) is 5. The van der Waals surface area contributed by atoms with Crippen LogP contribution in [-0.4, -0.2) is 44.0 Å². The maximum Gasteiger partial charge on any atom is 0.573 e. The third kappa shape index (κ3) is 5.34. The van der Waals surface area contributed by atoms with Crippen LogP contribution < -0.4 is 10.1 Å². The number of H-pyrrole nitrogens is 1. The van der Waals surface area contributed by atoms with Gasteiger partial charge in [0.25, 0.3) is 0 Å². The van der Waals surface area contributed by atoms with Crippen LogP contribution in [0.3, 0.4) is 0 Å². The second-order valence-electron chi connectivity index (χ2n) is 7.34. The van der Waals surface area contributed by atoms with Gasteiger partial charge in [0, 0.05) is 31.0 Å². The lowest BCUT2D eigenvalue weighted by molar-refractivity contribution is -0.274. The molecule has 2 amide bonds. The molecule has 0 saturated carbocycles. The summed E-state index contributed by atoms with van der Waals surface area (Å²) in [5.74, 6) is 0.811. The van der Waals surface area contributed by atoms with Gasteiger partial charge in [-0.3, -0.25) is 10.1 Å². The van der Waals surface area contributed by atoms with E-state index in [0.29, 0.717) is 23.8 Å². The fraction of sp³-hybridized carbons (Fsp3) is 0.333. The molecule has 0 bridgehead atoms. The van der Waals surface area contributed by atoms with Gasteiger partial charge in [-0.05, 0) is 49.1 Å². The summed E-state index contributed by atoms with van der Waals surface area (Å²) in [4.78, 5) is 23.2. The van der Waals surface area contributed by atoms with Crippen LogP contribution in [0.25, 0.3) is 11.4 Å². The number of likely N-dealkylation sites (tertiary alicyclic amines) is 1. The van der Waals surface area contributed by atoms with Crippen molar-refractivity contribution in [2.24, 2.45) is 0 Å². The van der Waals surface area contributed by atoms with Crippen LogP contribution in [0.5, 0.6) is 5.75 Å². The standard InChI is InChI=1S/C21H21F3N6O2/c22-21(23,24)32-16-8-6-14(7-9-16)12-26-20(31)30-11-2-1-5-17(30)19-27-18(28-29-19)15-4-3-10-25-13-15/h3-4,6-10,13,17H,1-2,5,11-12H2,(H,26,31)(H,27,28,29). The zero-order valence-electron chi connectivity index (χ0n) is 17.0. The molecular formula is C21H21F3N6O2. The number of aromatic nitrogens is 4. The van der Waals surface area contributed by atoms with Gasteiger partial charge in [-0.2, -0.15) is 5.10 Å². The molecule has 4 rings (SSSR count). The van der Waals surface area contributed by atoms with Crippen molar-refractivity contribution in [2.75, 3.05) is 6.54 Å². The van der Waals surface area contributed by atoms with Crippen molar-refractivity contribution in [3.8, 4) is 17.1 Å². The molecule has 1 atom stereocenters. The zero-order chi connectivity index (χ0) is 22.6. The van der Waals surface area contributed by atoms with Crippen LogP contribution in [0.1, 0.15) is 36.7 Å². The molecule has 1 aliphatic heterocycles. The van der Waals surface area contributed by atoms with Gasteiger partial charge in [-0.25, -0.2) is 9.78 Å². The first-order valence-corrected chi connectivity index (χ1v) is 10.1. The summed E-state index contributed by atoms with van der Waals surface area (Å²) in [5.41, 5.74) is 1.43. The van der Waals surface area contributed by atoms with Gasteiger partial charge in [0.05, 0.1) is 6.04 Å². The molecule has 1 unspecified atom stereocenters. The minimum atomic E-state index is -4.74. The SMILES string of the molecule is O=C(NCc1ccc(OC(F)(F)F)cc1)N1CCCCC1c1nc(-c2cccnc2)n[nH]1. The van der Waals surface area contributed by atoms with Crippen molar-refractivity contribution in [3.05, 3.63) is 60.2 Å². The Labute approximate surface area is 181 Å². The lowest BCUT2D eigenvalue weighted by Crippen LogP contribution is -2.44. The van der Waals surface area contributed by atoms with Gasteiger partial charge in [0.2, 0.25) is 0 Å². The molecule has 2 aromatic heterocycles. The molecule has 168 valence electrons. The van der Waals surface area contributed by atoms with Crippen molar-refractivity contribution in [3.63, 3.8) is 0 Å². The Balaban J connectivity index is 1.39. The number of nitrogens with one attached hydrogen (secondary N) is 2. The van der Waals surface area contributed by atoms with E-state index >= 15 is 0 Å². The van der Waals surface area contributed by atoms with Crippen molar-refractivity contribution in [1.82, 2.24) is 30.4 Å². The minimum Gasteiger partial charge on any atom is -0.406 e. The minimum absolute atomic E-state index is 0.172. The predicted molar refractivity (Wildman–Crippen MR) is 108 cm³/mol. The van der Waals surface area contributed by atoms with Gasteiger partial charge in [-0.15, -0.1) is 13.2 Å². The number of benzene rings is 1. The second-order valence-corrected chi connectivity index (χ2v) is 7.34. The molecule has 11 heteroatoms. The summed E-state index contributed by atoms with van der Waals surface area (Å²) < 4.78 is 40.7. The van der Waals surface area contributed by atoms with E-state index in [1.165, 1.54) is 24.3 Å². The summed E-state index contributed by atoms with van der Waals surface area (Å²) in [5, 5.41) is 10.0. The predicted octanol–water partition coefficient (Wildman–Crippen LogP) is 4.20. The van der Waals surface area contributed by atoms with E-state index in [2.05, 4.69) is 30.2 Å². The Morgan fingerprint density at radius 2 is 2.03 bits per heavy atom. The number of pyridine rings is 1. The maximum atomic E-state index is 12.9. The van der Waals surface area contributed by atoms with E-state index in [9.17, 15) is 18.0 Å². The van der Waals surface area contributed by atoms with Gasteiger partial charge in [0.1, 0.15) is 11.6 Å². The largest absolute Gasteiger partial charge is 0.573 e. The quantitative estimate of drug-likeness (QED) is 0.612. The van der Waals surface area contributed by atoms with Crippen LogP contribution in [0, 0.1) is 0 Å². The Morgan fingerprint density at radius 3 is 2.75 bits per heavy atom. The summed E-state index contributed by atoms with van der Waals surface area (Å²) in [6.45, 7) is 0.740. The number of alkyl halides is 3. The van der Waals surface area contributed by atoms with Gasteiger partial charge >= 0.3 is 12.4 Å². The van der Waals surface area contributed by atoms with Crippen molar-refractivity contribution >= 4 is 6.03 Å². The third-order valence-electron chi connectivity index (χ3n) is 5.10. The zero-order valence-corrected chi connectivity index (χ0v) is 17.0. The number of ether oxygens (including phenoxy) is 1. The molecule has 0 aliphatic carbocycles. The highest BCUT2D eigenvalue weighted by atomic mass is 19.4. The first-order valence-electron chi connectivity index (χ1n) is 10.1. The summed E-state index contributed by atoms with van der Waals surface area (Å²) >= 11 is 0. The fourth-order valence-electron chi connectivity index (χ4n) is 3.59. The van der Waals surface area contributed by atoms with E-state index in [1.54, 1.807) is 23.4 Å². The highest BCUT2D eigenvalue weighted by Gasteiger charge is 2.32. The average Bonchev–Trinajstić information content (AvgIpc) is 3.28. The van der Waals surface area contributed by atoms with Crippen LogP contribution in [0.15, 0.2) is 48.8 Å². The monoisotopic (exact) mass is 446 g/mol. The molecular weight excluding hydrogens is 425 g/mol. The molecule has 1 saturated heterocycles. The molecule has 1 fully saturated rings. The van der Waals surface area contributed by atoms with E-state index in [-0.39, 0.29) is 24.4 Å². The van der Waals surface area contributed by atoms with Crippen LogP contribution in [0.4, 0.5) is 18.0 Å². The molecule has 0 radical (unpaired) electrons. The summed E-state index contributed by atoms with van der Waals surface area (Å²) in [6, 6.07) is 8.52. The number of halogens is 3. The molecule has 2 N–H and O–H groups in total. The second kappa shape index (κ2) is 9.25. The smallest absolute Gasteiger partial charge is 0.406 e. The van der Waals surface area contributed by atoms with Crippen molar-refractivity contribution in [2.45, 2.75) is 38.2 Å². The first-order chi connectivity index (χ1) is 15.4. The number of hydrogen-bond donors (Lipinski definition) is 2. The molecule has 32 heavy (non-hydrogen) atoms. The number of rotatable bonds is 5. The van der Waals surface area contributed by atoms with Gasteiger partial charge < -0.3 is 15.0 Å². The Morgan fingerprint density at radius 1 is 1.22 bits per heavy atom. The number of amides is 2. The lowest BCUT2D eigenvalue weighted by Gasteiger charge is -2.34. The first kappa shape index (κ1) is 21.6. The van der Waals surface area contributed by atoms with E-state index in [0.717, 1.165) is 24.8 Å². The normalized spacial score (nSPS) is 16.6. The summed E-state index contributed by atoms with van der Waals surface area (Å²) in [7, 11) is 0. The fourth-order valence-corrected chi connectivity index (χ4v) is 3.59. The number of carbonyl (C=O) groups excluding carboxylic acids is 1. The van der Waals surface area contributed by atoms with Gasteiger partial charge in [-0.1, -0.05) is 12.1 Å². The van der Waals surface area contributed by atoms with Crippen LogP contribution >= 0.6 is 0 Å². The molecule has 1 aliphatic rings. The number of piperidine rings is 1. The molecule has 3 heterocycles. The lowest BCUT2D eigenvalue weighted by atomic mass is 10.0. The van der Waals surface area contributed by atoms with E-state index in [4.69, 9.17) is 0 Å². The molecule has 8 nitrogen and oxygen atoms in total. The van der Waals surface area contributed by atoms with E-state index in [1.807, 2.05) is 6.07 Å². The number of carbonyl (C=O) groups is 1. The number of aromatic amines is 1. The van der Waals surface area contributed by atoms with E-state index < -0.39 is 6.36 Å². The highest BCUT2D eigenvalue weighted by Crippen LogP contribution is 2.30. The Bertz CT molecular complexity index is 1040. The van der Waals surface area contributed by atoms with Crippen molar-refractivity contribution < 1.29 is 22.7 Å². The molecule has 1 aromatic carbocycles. The highest BCUT2D eigenvalue weighted by molar-refractivity contribution is 5.74. The maximum absolute atomic E-state index is 12.9. The van der Waals surface area contributed by atoms with Crippen LogP contribution in [-0.2, 0) is 6.54 Å². The summed E-state index contributed by atoms with van der Waals surface area (Å²) in [6.07, 6.45) is 1.18. The van der Waals surface area contributed by atoms with Crippen LogP contribution in [0.2, 0.25) is 0 Å². The average molecular weight is 446 g/mol. The topological polar surface area (TPSA) is 96.0 Å². The number of urea groups is 1. The molecule has 0 spiro atoms. The van der Waals surface area contributed by atoms with Gasteiger partial charge in [0.15, 0.2) is 5.82 Å². The number of nitrogens with zero attached hydrogens (tertiary/aromatic N) is 4.